The SMILES string of the molecule is Cc1nc(C)c(C2CC(N)C2)s1. The van der Waals surface area contributed by atoms with Gasteiger partial charge in [0.2, 0.25) is 0 Å². The Balaban J connectivity index is 2.17. The Hall–Kier alpha value is -0.410. The van der Waals surface area contributed by atoms with Crippen LogP contribution in [0.15, 0.2) is 0 Å². The quantitative estimate of drug-likeness (QED) is 0.721. The molecule has 0 bridgehead atoms. The number of aryl methyl sites for hydroxylation is 2. The Morgan fingerprint density at radius 3 is 2.50 bits per heavy atom. The molecule has 0 atom stereocenters. The van der Waals surface area contributed by atoms with Crippen molar-refractivity contribution in [1.82, 2.24) is 4.98 Å². The fourth-order valence-corrected chi connectivity index (χ4v) is 2.86. The van der Waals surface area contributed by atoms with Crippen LogP contribution >= 0.6 is 11.3 Å². The van der Waals surface area contributed by atoms with Crippen molar-refractivity contribution in [3.8, 4) is 0 Å². The molecule has 0 aromatic carbocycles. The van der Waals surface area contributed by atoms with Crippen LogP contribution in [0.5, 0.6) is 0 Å². The van der Waals surface area contributed by atoms with Gasteiger partial charge in [0.25, 0.3) is 0 Å². The Kier molecular flexibility index (Phi) is 1.93. The van der Waals surface area contributed by atoms with Gasteiger partial charge < -0.3 is 5.73 Å². The van der Waals surface area contributed by atoms with Gasteiger partial charge in [0.15, 0.2) is 0 Å². The molecule has 0 amide bonds. The Morgan fingerprint density at radius 1 is 1.42 bits per heavy atom. The van der Waals surface area contributed by atoms with Crippen molar-refractivity contribution in [1.29, 1.82) is 0 Å². The molecule has 66 valence electrons. The molecule has 2 nitrogen and oxygen atoms in total. The zero-order valence-corrected chi connectivity index (χ0v) is 8.32. The molecule has 2 rings (SSSR count). The van der Waals surface area contributed by atoms with E-state index in [1.807, 2.05) is 11.3 Å². The first-order chi connectivity index (χ1) is 5.66. The van der Waals surface area contributed by atoms with Gasteiger partial charge in [0.1, 0.15) is 0 Å². The molecule has 1 aliphatic rings. The van der Waals surface area contributed by atoms with Crippen molar-refractivity contribution in [2.24, 2.45) is 5.73 Å². The van der Waals surface area contributed by atoms with Gasteiger partial charge in [-0.2, -0.15) is 0 Å². The van der Waals surface area contributed by atoms with Gasteiger partial charge in [-0.25, -0.2) is 4.98 Å². The summed E-state index contributed by atoms with van der Waals surface area (Å²) < 4.78 is 0. The van der Waals surface area contributed by atoms with Gasteiger partial charge in [-0.3, -0.25) is 0 Å². The lowest BCUT2D eigenvalue weighted by molar-refractivity contribution is 0.354. The van der Waals surface area contributed by atoms with Crippen molar-refractivity contribution in [2.45, 2.75) is 38.6 Å². The summed E-state index contributed by atoms with van der Waals surface area (Å²) in [5.41, 5.74) is 6.96. The lowest BCUT2D eigenvalue weighted by Gasteiger charge is -2.31. The highest BCUT2D eigenvalue weighted by atomic mass is 32.1. The van der Waals surface area contributed by atoms with Crippen LogP contribution in [-0.4, -0.2) is 11.0 Å². The highest BCUT2D eigenvalue weighted by molar-refractivity contribution is 7.11. The maximum Gasteiger partial charge on any atom is 0.0900 e. The molecule has 1 heterocycles. The average Bonchev–Trinajstić information content (AvgIpc) is 2.23. The van der Waals surface area contributed by atoms with Gasteiger partial charge in [-0.1, -0.05) is 0 Å². The minimum Gasteiger partial charge on any atom is -0.328 e. The first-order valence-corrected chi connectivity index (χ1v) is 5.18. The zero-order valence-electron chi connectivity index (χ0n) is 7.50. The van der Waals surface area contributed by atoms with E-state index in [2.05, 4.69) is 18.8 Å². The van der Waals surface area contributed by atoms with Gasteiger partial charge in [-0.05, 0) is 32.6 Å². The topological polar surface area (TPSA) is 38.9 Å². The summed E-state index contributed by atoms with van der Waals surface area (Å²) >= 11 is 1.83. The van der Waals surface area contributed by atoms with Crippen LogP contribution in [0, 0.1) is 13.8 Å². The van der Waals surface area contributed by atoms with Gasteiger partial charge in [0.05, 0.1) is 10.7 Å². The standard InChI is InChI=1S/C9H14N2S/c1-5-9(12-6(2)11-5)7-3-8(10)4-7/h7-8H,3-4,10H2,1-2H3. The number of thiazole rings is 1. The summed E-state index contributed by atoms with van der Waals surface area (Å²) in [6.45, 7) is 4.17. The Morgan fingerprint density at radius 2 is 2.08 bits per heavy atom. The molecule has 1 aromatic heterocycles. The number of aromatic nitrogens is 1. The maximum atomic E-state index is 5.75. The minimum absolute atomic E-state index is 0.441. The lowest BCUT2D eigenvalue weighted by atomic mass is 9.79. The molecule has 0 aliphatic heterocycles. The van der Waals surface area contributed by atoms with Crippen molar-refractivity contribution in [2.75, 3.05) is 0 Å². The van der Waals surface area contributed by atoms with Gasteiger partial charge in [0, 0.05) is 10.9 Å². The molecule has 1 aliphatic carbocycles. The van der Waals surface area contributed by atoms with Crippen LogP contribution in [-0.2, 0) is 0 Å². The fourth-order valence-electron chi connectivity index (χ4n) is 1.80. The molecule has 0 spiro atoms. The number of hydrogen-bond donors (Lipinski definition) is 1. The van der Waals surface area contributed by atoms with Crippen LogP contribution in [0.4, 0.5) is 0 Å². The lowest BCUT2D eigenvalue weighted by Crippen LogP contribution is -2.34. The summed E-state index contributed by atoms with van der Waals surface area (Å²) in [5.74, 6) is 0.714. The molecule has 3 heteroatoms. The summed E-state index contributed by atoms with van der Waals surface area (Å²) in [7, 11) is 0. The first kappa shape index (κ1) is 8.20. The third-order valence-electron chi connectivity index (χ3n) is 2.48. The molecule has 1 aromatic rings. The largest absolute Gasteiger partial charge is 0.328 e. The van der Waals surface area contributed by atoms with E-state index in [1.165, 1.54) is 15.6 Å². The average molecular weight is 182 g/mol. The highest BCUT2D eigenvalue weighted by Gasteiger charge is 2.29. The third-order valence-corrected chi connectivity index (χ3v) is 3.72. The molecule has 0 radical (unpaired) electrons. The Bertz CT molecular complexity index is 287. The minimum atomic E-state index is 0.441. The number of rotatable bonds is 1. The molecular formula is C9H14N2S. The number of nitrogens with zero attached hydrogens (tertiary/aromatic N) is 1. The van der Waals surface area contributed by atoms with E-state index in [1.54, 1.807) is 0 Å². The van der Waals surface area contributed by atoms with Gasteiger partial charge >= 0.3 is 0 Å². The predicted octanol–water partition coefficient (Wildman–Crippen LogP) is 1.96. The summed E-state index contributed by atoms with van der Waals surface area (Å²) in [6.07, 6.45) is 2.31. The normalized spacial score (nSPS) is 28.6. The van der Waals surface area contributed by atoms with Crippen LogP contribution in [0.1, 0.15) is 34.3 Å². The van der Waals surface area contributed by atoms with Crippen molar-refractivity contribution >= 4 is 11.3 Å². The summed E-state index contributed by atoms with van der Waals surface area (Å²) in [5, 5.41) is 1.18. The second kappa shape index (κ2) is 2.82. The highest BCUT2D eigenvalue weighted by Crippen LogP contribution is 2.39. The van der Waals surface area contributed by atoms with E-state index in [0.717, 1.165) is 12.8 Å². The van der Waals surface area contributed by atoms with Crippen LogP contribution < -0.4 is 5.73 Å². The summed E-state index contributed by atoms with van der Waals surface area (Å²) in [4.78, 5) is 5.88. The predicted molar refractivity (Wildman–Crippen MR) is 51.5 cm³/mol. The zero-order chi connectivity index (χ0) is 8.72. The van der Waals surface area contributed by atoms with Crippen LogP contribution in [0.2, 0.25) is 0 Å². The smallest absolute Gasteiger partial charge is 0.0900 e. The third kappa shape index (κ3) is 1.27. The van der Waals surface area contributed by atoms with Crippen molar-refractivity contribution in [3.05, 3.63) is 15.6 Å². The van der Waals surface area contributed by atoms with Crippen molar-refractivity contribution in [3.63, 3.8) is 0 Å². The number of nitrogens with two attached hydrogens (primary N) is 1. The molecule has 1 fully saturated rings. The first-order valence-electron chi connectivity index (χ1n) is 4.36. The monoisotopic (exact) mass is 182 g/mol. The van der Waals surface area contributed by atoms with E-state index in [4.69, 9.17) is 5.73 Å². The maximum absolute atomic E-state index is 5.75. The van der Waals surface area contributed by atoms with E-state index >= 15 is 0 Å². The summed E-state index contributed by atoms with van der Waals surface area (Å²) in [6, 6.07) is 0.441. The molecular weight excluding hydrogens is 168 g/mol. The van der Waals surface area contributed by atoms with Crippen LogP contribution in [0.3, 0.4) is 0 Å². The molecule has 0 saturated heterocycles. The Labute approximate surface area is 76.8 Å². The fraction of sp³-hybridized carbons (Fsp3) is 0.667. The molecule has 1 saturated carbocycles. The second-order valence-electron chi connectivity index (χ2n) is 3.61. The number of hydrogen-bond acceptors (Lipinski definition) is 3. The van der Waals surface area contributed by atoms with Gasteiger partial charge in [-0.15, -0.1) is 11.3 Å². The molecule has 0 unspecified atom stereocenters. The van der Waals surface area contributed by atoms with E-state index in [9.17, 15) is 0 Å². The second-order valence-corrected chi connectivity index (χ2v) is 4.85. The van der Waals surface area contributed by atoms with E-state index < -0.39 is 0 Å². The van der Waals surface area contributed by atoms with Crippen LogP contribution in [0.25, 0.3) is 0 Å². The van der Waals surface area contributed by atoms with Crippen molar-refractivity contribution < 1.29 is 0 Å². The van der Waals surface area contributed by atoms with E-state index in [-0.39, 0.29) is 0 Å². The van der Waals surface area contributed by atoms with E-state index in [0.29, 0.717) is 12.0 Å². The molecule has 2 N–H and O–H groups in total. The molecule has 12 heavy (non-hydrogen) atoms.